The average molecular weight is 478 g/mol. The number of benzene rings is 2. The summed E-state index contributed by atoms with van der Waals surface area (Å²) in [5.41, 5.74) is 2.50. The van der Waals surface area contributed by atoms with Crippen LogP contribution in [0, 0.1) is 0 Å². The Bertz CT molecular complexity index is 1330. The van der Waals surface area contributed by atoms with Gasteiger partial charge in [-0.2, -0.15) is 5.10 Å². The van der Waals surface area contributed by atoms with Crippen molar-refractivity contribution in [2.75, 3.05) is 11.9 Å². The van der Waals surface area contributed by atoms with Gasteiger partial charge in [-0.05, 0) is 62.1 Å². The number of nitrogens with one attached hydrogen (secondary N) is 2. The topological polar surface area (TPSA) is 105 Å². The van der Waals surface area contributed by atoms with E-state index in [0.29, 0.717) is 36.1 Å². The maximum Gasteiger partial charge on any atom is 0.274 e. The summed E-state index contributed by atoms with van der Waals surface area (Å²) in [6, 6.07) is 17.6. The standard InChI is InChI=1S/C25H27N5O3S/c31-25(23-17-22(18-13-14-18)28-30(23)20-9-3-1-4-10-20)27-19-8-7-11-21(16-19)34(32,33)29-24-12-5-2-6-15-26-24/h1,3-4,7-11,16-18H,2,5-6,12-15H2,(H,26,29)(H,27,31). The Morgan fingerprint density at radius 1 is 0.971 bits per heavy atom. The van der Waals surface area contributed by atoms with E-state index >= 15 is 0 Å². The molecule has 2 N–H and O–H groups in total. The molecule has 1 fully saturated rings. The van der Waals surface area contributed by atoms with E-state index in [1.54, 1.807) is 16.8 Å². The number of nitrogens with zero attached hydrogens (tertiary/aromatic N) is 3. The normalized spacial score (nSPS) is 16.4. The fraction of sp³-hybridized carbons (Fsp3) is 0.320. The van der Waals surface area contributed by atoms with E-state index in [9.17, 15) is 13.2 Å². The number of hydrogen-bond acceptors (Lipinski definition) is 5. The number of carbonyl (C=O) groups excluding carboxylic acids is 1. The van der Waals surface area contributed by atoms with Gasteiger partial charge in [-0.1, -0.05) is 30.7 Å². The molecule has 9 heteroatoms. The molecule has 1 aliphatic heterocycles. The highest BCUT2D eigenvalue weighted by molar-refractivity contribution is 7.90. The minimum Gasteiger partial charge on any atom is -0.321 e. The second-order valence-electron chi connectivity index (χ2n) is 8.70. The second kappa shape index (κ2) is 9.42. The first-order valence-electron chi connectivity index (χ1n) is 11.6. The number of hydrogen-bond donors (Lipinski definition) is 2. The Hall–Kier alpha value is -3.46. The van der Waals surface area contributed by atoms with Crippen LogP contribution in [0.2, 0.25) is 0 Å². The Morgan fingerprint density at radius 2 is 1.79 bits per heavy atom. The van der Waals surface area contributed by atoms with E-state index in [2.05, 4.69) is 20.1 Å². The highest BCUT2D eigenvalue weighted by Gasteiger charge is 2.29. The summed E-state index contributed by atoms with van der Waals surface area (Å²) in [7, 11) is -3.80. The Balaban J connectivity index is 1.38. The number of amides is 1. The number of carbonyl (C=O) groups is 1. The van der Waals surface area contributed by atoms with Gasteiger partial charge in [0.1, 0.15) is 11.5 Å². The van der Waals surface area contributed by atoms with Crippen molar-refractivity contribution in [3.63, 3.8) is 0 Å². The zero-order chi connectivity index (χ0) is 23.5. The summed E-state index contributed by atoms with van der Waals surface area (Å²) in [6.07, 6.45) is 5.68. The van der Waals surface area contributed by atoms with Gasteiger partial charge in [0, 0.05) is 24.6 Å². The van der Waals surface area contributed by atoms with Crippen LogP contribution < -0.4 is 10.0 Å². The Labute approximate surface area is 199 Å². The van der Waals surface area contributed by atoms with Crippen molar-refractivity contribution >= 4 is 27.5 Å². The van der Waals surface area contributed by atoms with Crippen molar-refractivity contribution < 1.29 is 13.2 Å². The molecule has 2 heterocycles. The number of amidine groups is 1. The first-order valence-corrected chi connectivity index (χ1v) is 13.1. The summed E-state index contributed by atoms with van der Waals surface area (Å²) < 4.78 is 30.1. The molecule has 34 heavy (non-hydrogen) atoms. The molecule has 8 nitrogen and oxygen atoms in total. The molecule has 0 spiro atoms. The van der Waals surface area contributed by atoms with Gasteiger partial charge >= 0.3 is 0 Å². The van der Waals surface area contributed by atoms with Crippen LogP contribution in [-0.2, 0) is 10.0 Å². The molecule has 1 aliphatic carbocycles. The second-order valence-corrected chi connectivity index (χ2v) is 10.4. The molecule has 5 rings (SSSR count). The molecule has 2 aromatic carbocycles. The summed E-state index contributed by atoms with van der Waals surface area (Å²) in [5.74, 6) is 0.535. The van der Waals surface area contributed by atoms with Gasteiger partial charge in [0.25, 0.3) is 15.9 Å². The molecule has 1 amide bonds. The number of anilines is 1. The molecule has 3 aromatic rings. The lowest BCUT2D eigenvalue weighted by atomic mass is 10.2. The van der Waals surface area contributed by atoms with E-state index in [1.807, 2.05) is 36.4 Å². The van der Waals surface area contributed by atoms with Crippen LogP contribution in [-0.4, -0.2) is 36.5 Å². The molecular weight excluding hydrogens is 450 g/mol. The predicted molar refractivity (Wildman–Crippen MR) is 131 cm³/mol. The van der Waals surface area contributed by atoms with Gasteiger partial charge in [0.05, 0.1) is 16.3 Å². The number of para-hydroxylation sites is 1. The number of sulfonamides is 1. The van der Waals surface area contributed by atoms with Crippen molar-refractivity contribution in [3.8, 4) is 5.69 Å². The van der Waals surface area contributed by atoms with Crippen molar-refractivity contribution in [2.45, 2.75) is 49.3 Å². The quantitative estimate of drug-likeness (QED) is 0.554. The molecule has 0 bridgehead atoms. The Kier molecular flexibility index (Phi) is 6.19. The third kappa shape index (κ3) is 5.04. The van der Waals surface area contributed by atoms with Crippen LogP contribution in [0.4, 0.5) is 5.69 Å². The number of aromatic nitrogens is 2. The first kappa shape index (κ1) is 22.3. The van der Waals surface area contributed by atoms with Gasteiger partial charge in [0.15, 0.2) is 0 Å². The van der Waals surface area contributed by atoms with E-state index < -0.39 is 10.0 Å². The van der Waals surface area contributed by atoms with Crippen LogP contribution in [0.25, 0.3) is 5.69 Å². The molecule has 0 saturated heterocycles. The molecule has 176 valence electrons. The van der Waals surface area contributed by atoms with E-state index in [0.717, 1.165) is 43.5 Å². The zero-order valence-electron chi connectivity index (χ0n) is 18.8. The maximum atomic E-state index is 13.2. The summed E-state index contributed by atoms with van der Waals surface area (Å²) in [5, 5.41) is 7.52. The fourth-order valence-corrected chi connectivity index (χ4v) is 5.15. The monoisotopic (exact) mass is 477 g/mol. The SMILES string of the molecule is O=C(Nc1cccc(S(=O)(=O)NC2=NCCCCC2)c1)c1cc(C2CC2)nn1-c1ccccc1. The largest absolute Gasteiger partial charge is 0.321 e. The minimum absolute atomic E-state index is 0.0764. The summed E-state index contributed by atoms with van der Waals surface area (Å²) >= 11 is 0. The minimum atomic E-state index is -3.80. The van der Waals surface area contributed by atoms with E-state index in [4.69, 9.17) is 0 Å². The van der Waals surface area contributed by atoms with Crippen molar-refractivity contribution in [3.05, 3.63) is 72.1 Å². The average Bonchev–Trinajstić information content (AvgIpc) is 3.64. The summed E-state index contributed by atoms with van der Waals surface area (Å²) in [6.45, 7) is 0.631. The van der Waals surface area contributed by atoms with Crippen molar-refractivity contribution in [1.29, 1.82) is 0 Å². The van der Waals surface area contributed by atoms with Gasteiger partial charge in [-0.15, -0.1) is 0 Å². The summed E-state index contributed by atoms with van der Waals surface area (Å²) in [4.78, 5) is 17.7. The highest BCUT2D eigenvalue weighted by Crippen LogP contribution is 2.39. The van der Waals surface area contributed by atoms with Crippen LogP contribution in [0.15, 0.2) is 70.6 Å². The molecule has 1 aromatic heterocycles. The zero-order valence-corrected chi connectivity index (χ0v) is 19.6. The van der Waals surface area contributed by atoms with Crippen molar-refractivity contribution in [2.24, 2.45) is 4.99 Å². The molecule has 1 saturated carbocycles. The van der Waals surface area contributed by atoms with Crippen LogP contribution in [0.1, 0.15) is 60.6 Å². The van der Waals surface area contributed by atoms with Crippen molar-refractivity contribution in [1.82, 2.24) is 14.5 Å². The van der Waals surface area contributed by atoms with E-state index in [1.165, 1.54) is 12.1 Å². The predicted octanol–water partition coefficient (Wildman–Crippen LogP) is 4.25. The smallest absolute Gasteiger partial charge is 0.274 e. The number of rotatable bonds is 6. The Morgan fingerprint density at radius 3 is 2.59 bits per heavy atom. The third-order valence-corrected chi connectivity index (χ3v) is 7.36. The molecule has 0 radical (unpaired) electrons. The lowest BCUT2D eigenvalue weighted by molar-refractivity contribution is 0.101. The molecule has 0 unspecified atom stereocenters. The number of aliphatic imine (C=N–C) groups is 1. The third-order valence-electron chi connectivity index (χ3n) is 5.99. The van der Waals surface area contributed by atoms with E-state index in [-0.39, 0.29) is 10.8 Å². The highest BCUT2D eigenvalue weighted by atomic mass is 32.2. The van der Waals surface area contributed by atoms with Gasteiger partial charge in [-0.3, -0.25) is 14.5 Å². The van der Waals surface area contributed by atoms with Crippen LogP contribution in [0.5, 0.6) is 0 Å². The lowest BCUT2D eigenvalue weighted by Crippen LogP contribution is -2.30. The maximum absolute atomic E-state index is 13.2. The van der Waals surface area contributed by atoms with Crippen LogP contribution >= 0.6 is 0 Å². The molecule has 2 aliphatic rings. The fourth-order valence-electron chi connectivity index (χ4n) is 4.01. The first-order chi connectivity index (χ1) is 16.5. The molecular formula is C25H27N5O3S. The van der Waals surface area contributed by atoms with Gasteiger partial charge in [0.2, 0.25) is 0 Å². The lowest BCUT2D eigenvalue weighted by Gasteiger charge is -2.12. The van der Waals surface area contributed by atoms with Crippen LogP contribution in [0.3, 0.4) is 0 Å². The molecule has 0 atom stereocenters. The van der Waals surface area contributed by atoms with Gasteiger partial charge < -0.3 is 5.32 Å². The van der Waals surface area contributed by atoms with Gasteiger partial charge in [-0.25, -0.2) is 13.1 Å².